The van der Waals surface area contributed by atoms with E-state index in [1.54, 1.807) is 0 Å². The van der Waals surface area contributed by atoms with Crippen molar-refractivity contribution in [3.05, 3.63) is 60.2 Å². The maximum absolute atomic E-state index is 8.55. The van der Waals surface area contributed by atoms with Gasteiger partial charge in [-0.2, -0.15) is 5.26 Å². The van der Waals surface area contributed by atoms with Crippen molar-refractivity contribution in [2.45, 2.75) is 6.42 Å². The van der Waals surface area contributed by atoms with Crippen molar-refractivity contribution in [2.75, 3.05) is 0 Å². The van der Waals surface area contributed by atoms with Crippen LogP contribution in [-0.2, 0) is 6.42 Å². The van der Waals surface area contributed by atoms with Gasteiger partial charge in [-0.1, -0.05) is 42.5 Å². The highest BCUT2D eigenvalue weighted by Gasteiger charge is 1.96. The van der Waals surface area contributed by atoms with E-state index < -0.39 is 0 Å². The van der Waals surface area contributed by atoms with E-state index in [-0.39, 0.29) is 0 Å². The minimum atomic E-state index is 0.473. The summed E-state index contributed by atoms with van der Waals surface area (Å²) in [5.41, 5.74) is 3.37. The molecule has 0 aromatic heterocycles. The minimum Gasteiger partial charge on any atom is -0.198 e. The normalized spacial score (nSPS) is 9.53. The third kappa shape index (κ3) is 2.24. The van der Waals surface area contributed by atoms with Crippen molar-refractivity contribution in [3.8, 4) is 17.2 Å². The summed E-state index contributed by atoms with van der Waals surface area (Å²) in [7, 11) is 0. The molecule has 0 spiro atoms. The van der Waals surface area contributed by atoms with Crippen molar-refractivity contribution in [1.82, 2.24) is 0 Å². The molecular weight excluding hydrogens is 182 g/mol. The number of hydrogen-bond donors (Lipinski definition) is 0. The van der Waals surface area contributed by atoms with Gasteiger partial charge in [0.1, 0.15) is 0 Å². The molecule has 0 atom stereocenters. The van der Waals surface area contributed by atoms with Gasteiger partial charge in [-0.05, 0) is 28.8 Å². The van der Waals surface area contributed by atoms with Crippen LogP contribution in [0.3, 0.4) is 0 Å². The maximum Gasteiger partial charge on any atom is 0.0669 e. The Kier molecular flexibility index (Phi) is 2.80. The second kappa shape index (κ2) is 4.43. The Bertz CT molecular complexity index is 463. The predicted octanol–water partition coefficient (Wildman–Crippen LogP) is 3.22. The zero-order valence-electron chi connectivity index (χ0n) is 8.27. The third-order valence-electron chi connectivity index (χ3n) is 2.28. The van der Waals surface area contributed by atoms with E-state index in [1.165, 1.54) is 0 Å². The van der Waals surface area contributed by atoms with E-state index in [0.717, 1.165) is 16.7 Å². The van der Waals surface area contributed by atoms with Crippen LogP contribution < -0.4 is 0 Å². The van der Waals surface area contributed by atoms with Crippen LogP contribution in [0.15, 0.2) is 48.5 Å². The van der Waals surface area contributed by atoms with E-state index in [2.05, 4.69) is 18.2 Å². The van der Waals surface area contributed by atoms with Crippen LogP contribution in [0.2, 0.25) is 0 Å². The van der Waals surface area contributed by atoms with Crippen molar-refractivity contribution in [1.29, 1.82) is 5.26 Å². The van der Waals surface area contributed by atoms with Crippen LogP contribution in [0.4, 0.5) is 0 Å². The lowest BCUT2D eigenvalue weighted by Gasteiger charge is -2.01. The number of hydrogen-bond acceptors (Lipinski definition) is 1. The third-order valence-corrected chi connectivity index (χ3v) is 2.28. The van der Waals surface area contributed by atoms with E-state index in [1.807, 2.05) is 42.5 Å². The summed E-state index contributed by atoms with van der Waals surface area (Å²) in [6, 6.07) is 21.1. The van der Waals surface area contributed by atoms with Crippen LogP contribution in [0.1, 0.15) is 5.56 Å². The lowest BCUT2D eigenvalue weighted by atomic mass is 10.0. The molecule has 0 amide bonds. The first-order valence-corrected chi connectivity index (χ1v) is 4.82. The van der Waals surface area contributed by atoms with Crippen LogP contribution >= 0.6 is 0 Å². The van der Waals surface area contributed by atoms with Crippen LogP contribution in [0.25, 0.3) is 11.1 Å². The summed E-state index contributed by atoms with van der Waals surface area (Å²) >= 11 is 0. The van der Waals surface area contributed by atoms with Crippen LogP contribution in [0.5, 0.6) is 0 Å². The zero-order chi connectivity index (χ0) is 10.5. The van der Waals surface area contributed by atoms with Crippen molar-refractivity contribution in [2.24, 2.45) is 0 Å². The molecule has 2 aromatic carbocycles. The molecule has 0 heterocycles. The van der Waals surface area contributed by atoms with Gasteiger partial charge in [0, 0.05) is 0 Å². The Hall–Kier alpha value is -2.07. The fraction of sp³-hybridized carbons (Fsp3) is 0.0714. The summed E-state index contributed by atoms with van der Waals surface area (Å²) in [4.78, 5) is 0. The SMILES string of the molecule is N#CCc1ccc(-c2c[c]ccc2)cc1. The van der Waals surface area contributed by atoms with Gasteiger partial charge in [0.25, 0.3) is 0 Å². The molecular formula is C14H10N. The molecule has 71 valence electrons. The standard InChI is InChI=1S/C14H10N/c15-11-10-12-6-8-14(9-7-12)13-4-2-1-3-5-13/h1-2,4-9H,10H2. The Morgan fingerprint density at radius 2 is 1.87 bits per heavy atom. The highest BCUT2D eigenvalue weighted by Crippen LogP contribution is 2.18. The molecule has 2 rings (SSSR count). The highest BCUT2D eigenvalue weighted by molar-refractivity contribution is 5.63. The average molecular weight is 192 g/mol. The molecule has 0 fully saturated rings. The monoisotopic (exact) mass is 192 g/mol. The molecule has 1 radical (unpaired) electrons. The molecule has 0 aliphatic carbocycles. The molecule has 0 bridgehead atoms. The number of rotatable bonds is 2. The van der Waals surface area contributed by atoms with E-state index in [4.69, 9.17) is 5.26 Å². The molecule has 2 aromatic rings. The summed E-state index contributed by atoms with van der Waals surface area (Å²) in [6.45, 7) is 0. The molecule has 0 aliphatic rings. The predicted molar refractivity (Wildman–Crippen MR) is 60.0 cm³/mol. The van der Waals surface area contributed by atoms with Gasteiger partial charge in [0.2, 0.25) is 0 Å². The van der Waals surface area contributed by atoms with Crippen molar-refractivity contribution >= 4 is 0 Å². The molecule has 0 saturated carbocycles. The first kappa shape index (κ1) is 9.48. The summed E-state index contributed by atoms with van der Waals surface area (Å²) in [5, 5.41) is 8.55. The topological polar surface area (TPSA) is 23.8 Å². The lowest BCUT2D eigenvalue weighted by Crippen LogP contribution is -1.82. The Morgan fingerprint density at radius 3 is 2.47 bits per heavy atom. The smallest absolute Gasteiger partial charge is 0.0669 e. The molecule has 1 nitrogen and oxygen atoms in total. The van der Waals surface area contributed by atoms with Gasteiger partial charge in [-0.25, -0.2) is 0 Å². The number of nitriles is 1. The van der Waals surface area contributed by atoms with Gasteiger partial charge in [0.05, 0.1) is 12.5 Å². The number of benzene rings is 2. The molecule has 15 heavy (non-hydrogen) atoms. The first-order chi connectivity index (χ1) is 7.40. The van der Waals surface area contributed by atoms with Crippen molar-refractivity contribution < 1.29 is 0 Å². The summed E-state index contributed by atoms with van der Waals surface area (Å²) in [6.07, 6.45) is 0.473. The fourth-order valence-corrected chi connectivity index (χ4v) is 1.48. The van der Waals surface area contributed by atoms with Gasteiger partial charge >= 0.3 is 0 Å². The second-order valence-electron chi connectivity index (χ2n) is 3.32. The Labute approximate surface area is 89.6 Å². The summed E-state index contributed by atoms with van der Waals surface area (Å²) < 4.78 is 0. The van der Waals surface area contributed by atoms with E-state index in [0.29, 0.717) is 6.42 Å². The largest absolute Gasteiger partial charge is 0.198 e. The van der Waals surface area contributed by atoms with E-state index in [9.17, 15) is 0 Å². The zero-order valence-corrected chi connectivity index (χ0v) is 8.27. The second-order valence-corrected chi connectivity index (χ2v) is 3.32. The molecule has 1 heteroatoms. The van der Waals surface area contributed by atoms with Gasteiger partial charge in [0.15, 0.2) is 0 Å². The molecule has 0 unspecified atom stereocenters. The fourth-order valence-electron chi connectivity index (χ4n) is 1.48. The van der Waals surface area contributed by atoms with Gasteiger partial charge < -0.3 is 0 Å². The highest BCUT2D eigenvalue weighted by atomic mass is 14.2. The molecule has 0 saturated heterocycles. The quantitative estimate of drug-likeness (QED) is 0.716. The lowest BCUT2D eigenvalue weighted by molar-refractivity contribution is 1.26. The Morgan fingerprint density at radius 1 is 1.07 bits per heavy atom. The molecule has 0 aliphatic heterocycles. The van der Waals surface area contributed by atoms with E-state index >= 15 is 0 Å². The average Bonchev–Trinajstić information content (AvgIpc) is 2.32. The first-order valence-electron chi connectivity index (χ1n) is 4.82. The Balaban J connectivity index is 2.29. The minimum absolute atomic E-state index is 0.473. The van der Waals surface area contributed by atoms with Crippen LogP contribution in [-0.4, -0.2) is 0 Å². The number of nitrogens with zero attached hydrogens (tertiary/aromatic N) is 1. The summed E-state index contributed by atoms with van der Waals surface area (Å²) in [5.74, 6) is 0. The van der Waals surface area contributed by atoms with Crippen LogP contribution in [0, 0.1) is 17.4 Å². The molecule has 0 N–H and O–H groups in total. The van der Waals surface area contributed by atoms with Gasteiger partial charge in [-0.15, -0.1) is 0 Å². The van der Waals surface area contributed by atoms with Crippen molar-refractivity contribution in [3.63, 3.8) is 0 Å². The van der Waals surface area contributed by atoms with Gasteiger partial charge in [-0.3, -0.25) is 0 Å². The maximum atomic E-state index is 8.55.